The number of amides is 1. The van der Waals surface area contributed by atoms with Crippen molar-refractivity contribution in [2.24, 2.45) is 5.41 Å². The fourth-order valence-corrected chi connectivity index (χ4v) is 8.58. The van der Waals surface area contributed by atoms with E-state index in [1.54, 1.807) is 40.1 Å². The van der Waals surface area contributed by atoms with E-state index in [-0.39, 0.29) is 23.8 Å². The molecule has 1 N–H and O–H groups in total. The van der Waals surface area contributed by atoms with Gasteiger partial charge in [-0.05, 0) is 92.0 Å². The van der Waals surface area contributed by atoms with Gasteiger partial charge in [-0.15, -0.1) is 0 Å². The number of fused-ring (bicyclic) bond motifs is 1. The van der Waals surface area contributed by atoms with E-state index in [1.807, 2.05) is 35.5 Å². The monoisotopic (exact) mass is 630 g/mol. The van der Waals surface area contributed by atoms with E-state index in [2.05, 4.69) is 27.0 Å². The van der Waals surface area contributed by atoms with Gasteiger partial charge in [0.05, 0.1) is 36.0 Å². The number of piperidine rings is 2. The van der Waals surface area contributed by atoms with Crippen LogP contribution in [0.4, 0.5) is 5.69 Å². The van der Waals surface area contributed by atoms with Crippen molar-refractivity contribution in [3.63, 3.8) is 0 Å². The average Bonchev–Trinajstić information content (AvgIpc) is 3.45. The summed E-state index contributed by atoms with van der Waals surface area (Å²) in [7, 11) is -0.660. The summed E-state index contributed by atoms with van der Waals surface area (Å²) in [5.74, 6) is 1.26. The van der Waals surface area contributed by atoms with Gasteiger partial charge < -0.3 is 19.5 Å². The number of para-hydroxylation sites is 1. The molecule has 0 saturated carbocycles. The number of carbonyl (C=O) groups excluding carboxylic acids is 1. The van der Waals surface area contributed by atoms with Gasteiger partial charge in [0.15, 0.2) is 0 Å². The topological polar surface area (TPSA) is 112 Å². The second-order valence-electron chi connectivity index (χ2n) is 12.6. The number of imidazole rings is 1. The van der Waals surface area contributed by atoms with Crippen LogP contribution in [0.3, 0.4) is 0 Å². The molecule has 2 aromatic heterocycles. The van der Waals surface area contributed by atoms with Gasteiger partial charge in [0, 0.05) is 51.3 Å². The number of methoxy groups -OCH3 is 1. The minimum Gasteiger partial charge on any atom is -0.497 e. The van der Waals surface area contributed by atoms with Crippen molar-refractivity contribution in [3.8, 4) is 5.75 Å². The number of likely N-dealkylation sites (tertiary alicyclic amines) is 1. The number of ether oxygens (including phenoxy) is 1. The predicted octanol–water partition coefficient (Wildman–Crippen LogP) is 4.86. The zero-order valence-corrected chi connectivity index (χ0v) is 27.4. The van der Waals surface area contributed by atoms with E-state index in [4.69, 9.17) is 9.72 Å². The molecule has 6 rings (SSSR count). The van der Waals surface area contributed by atoms with Gasteiger partial charge in [-0.2, -0.15) is 4.31 Å². The highest BCUT2D eigenvalue weighted by Crippen LogP contribution is 2.42. The molecular formula is C34H42N6O4S. The number of benzene rings is 2. The summed E-state index contributed by atoms with van der Waals surface area (Å²) in [6, 6.07) is 13.4. The number of nitrogens with zero attached hydrogens (tertiary/aromatic N) is 5. The number of carbonyl (C=O) groups is 1. The van der Waals surface area contributed by atoms with Crippen molar-refractivity contribution >= 4 is 32.7 Å². The Kier molecular flexibility index (Phi) is 8.58. The Hall–Kier alpha value is -3.96. The Morgan fingerprint density at radius 2 is 1.64 bits per heavy atom. The van der Waals surface area contributed by atoms with Crippen molar-refractivity contribution in [2.45, 2.75) is 57.4 Å². The Labute approximate surface area is 265 Å². The Bertz CT molecular complexity index is 1760. The van der Waals surface area contributed by atoms with Gasteiger partial charge in [-0.1, -0.05) is 12.1 Å². The minimum atomic E-state index is -3.78. The molecule has 2 aliphatic heterocycles. The second-order valence-corrected chi connectivity index (χ2v) is 14.6. The van der Waals surface area contributed by atoms with Crippen LogP contribution < -0.4 is 9.64 Å². The van der Waals surface area contributed by atoms with Crippen LogP contribution in [-0.4, -0.2) is 78.8 Å². The molecule has 0 radical (unpaired) electrons. The first-order chi connectivity index (χ1) is 21.6. The number of nitrogens with one attached hydrogen (secondary N) is 1. The zero-order valence-electron chi connectivity index (χ0n) is 26.5. The van der Waals surface area contributed by atoms with Crippen LogP contribution in [0.25, 0.3) is 11.0 Å². The molecule has 4 heterocycles. The highest BCUT2D eigenvalue weighted by Gasteiger charge is 2.38. The molecule has 1 spiro atoms. The Morgan fingerprint density at radius 1 is 1.00 bits per heavy atom. The van der Waals surface area contributed by atoms with E-state index in [0.717, 1.165) is 62.9 Å². The number of aryl methyl sites for hydroxylation is 2. The van der Waals surface area contributed by atoms with Crippen LogP contribution in [-0.2, 0) is 27.8 Å². The molecule has 0 aliphatic carbocycles. The average molecular weight is 631 g/mol. The summed E-state index contributed by atoms with van der Waals surface area (Å²) in [6.07, 6.45) is 8.33. The number of aromatic amines is 1. The van der Waals surface area contributed by atoms with E-state index in [1.165, 1.54) is 9.99 Å². The smallest absolute Gasteiger partial charge is 0.243 e. The summed E-state index contributed by atoms with van der Waals surface area (Å²) in [5, 5.41) is 0. The van der Waals surface area contributed by atoms with Crippen LogP contribution in [0.1, 0.15) is 48.2 Å². The minimum absolute atomic E-state index is 0.0715. The molecule has 238 valence electrons. The summed E-state index contributed by atoms with van der Waals surface area (Å²) in [6.45, 7) is 7.26. The maximum atomic E-state index is 13.6. The fourth-order valence-electron chi connectivity index (χ4n) is 7.05. The van der Waals surface area contributed by atoms with Gasteiger partial charge in [0.2, 0.25) is 15.9 Å². The molecule has 0 bridgehead atoms. The van der Waals surface area contributed by atoms with E-state index < -0.39 is 10.0 Å². The van der Waals surface area contributed by atoms with Crippen molar-refractivity contribution in [3.05, 3.63) is 77.4 Å². The molecule has 11 heteroatoms. The van der Waals surface area contributed by atoms with Crippen LogP contribution in [0.2, 0.25) is 0 Å². The Morgan fingerprint density at radius 3 is 2.29 bits per heavy atom. The third-order valence-corrected chi connectivity index (χ3v) is 11.8. The van der Waals surface area contributed by atoms with Gasteiger partial charge in [-0.25, -0.2) is 13.4 Å². The van der Waals surface area contributed by atoms with Gasteiger partial charge >= 0.3 is 0 Å². The van der Waals surface area contributed by atoms with Crippen LogP contribution in [0.15, 0.2) is 59.8 Å². The summed E-state index contributed by atoms with van der Waals surface area (Å²) in [5.41, 5.74) is 5.15. The lowest BCUT2D eigenvalue weighted by molar-refractivity contribution is -0.133. The third kappa shape index (κ3) is 6.28. The Balaban J connectivity index is 1.09. The fraction of sp³-hybridized carbons (Fsp3) is 0.441. The molecule has 2 fully saturated rings. The van der Waals surface area contributed by atoms with E-state index in [9.17, 15) is 13.2 Å². The first kappa shape index (κ1) is 31.0. The lowest BCUT2D eigenvalue weighted by Gasteiger charge is -2.47. The largest absolute Gasteiger partial charge is 0.497 e. The van der Waals surface area contributed by atoms with Crippen molar-refractivity contribution in [1.29, 1.82) is 0 Å². The summed E-state index contributed by atoms with van der Waals surface area (Å²) in [4.78, 5) is 30.4. The first-order valence-electron chi connectivity index (χ1n) is 15.6. The quantitative estimate of drug-likeness (QED) is 0.296. The lowest BCUT2D eigenvalue weighted by Crippen LogP contribution is -2.48. The molecule has 2 saturated heterocycles. The molecular weight excluding hydrogens is 588 g/mol. The van der Waals surface area contributed by atoms with Gasteiger partial charge in [0.1, 0.15) is 11.6 Å². The zero-order chi connectivity index (χ0) is 31.8. The molecule has 0 unspecified atom stereocenters. The number of hydrogen-bond acceptors (Lipinski definition) is 7. The second kappa shape index (κ2) is 12.4. The van der Waals surface area contributed by atoms with Crippen LogP contribution in [0, 0.1) is 19.3 Å². The molecule has 10 nitrogen and oxygen atoms in total. The molecule has 1 amide bonds. The number of aromatic nitrogens is 3. The van der Waals surface area contributed by atoms with Crippen LogP contribution in [0.5, 0.6) is 5.75 Å². The SMILES string of the molecule is COc1cc(C)c(S(=O)(=O)N(C)Cc2nc3c(CC(=O)N4CCC5(CC4)CCN(c4ccncc4)CC5)cccc3[nH]2)c(C)c1. The molecule has 4 aromatic rings. The molecule has 2 aliphatic rings. The number of sulfonamides is 1. The number of rotatable bonds is 8. The maximum Gasteiger partial charge on any atom is 0.243 e. The number of hydrogen-bond donors (Lipinski definition) is 1. The normalized spacial score (nSPS) is 16.9. The molecule has 45 heavy (non-hydrogen) atoms. The standard InChI is InChI=1S/C34H42N6O4S/c1-24-20-28(44-4)21-25(2)33(24)45(42,43)38(3)23-30-36-29-7-5-6-26(32(29)37-30)22-31(41)40-18-12-34(13-19-40)10-16-39(17-11-34)27-8-14-35-15-9-27/h5-9,14-15,20-21H,10-13,16-19,22-23H2,1-4H3,(H,36,37). The van der Waals surface area contributed by atoms with Gasteiger partial charge in [0.25, 0.3) is 0 Å². The van der Waals surface area contributed by atoms with E-state index >= 15 is 0 Å². The molecule has 0 atom stereocenters. The van der Waals surface area contributed by atoms with Crippen LogP contribution >= 0.6 is 0 Å². The van der Waals surface area contributed by atoms with Gasteiger partial charge in [-0.3, -0.25) is 9.78 Å². The number of H-pyrrole nitrogens is 1. The van der Waals surface area contributed by atoms with Crippen molar-refractivity contribution in [1.82, 2.24) is 24.2 Å². The lowest BCUT2D eigenvalue weighted by atomic mass is 9.71. The maximum absolute atomic E-state index is 13.6. The first-order valence-corrected chi connectivity index (χ1v) is 17.0. The number of pyridine rings is 1. The highest BCUT2D eigenvalue weighted by atomic mass is 32.2. The van der Waals surface area contributed by atoms with Crippen molar-refractivity contribution in [2.75, 3.05) is 45.2 Å². The molecule has 2 aromatic carbocycles. The van der Waals surface area contributed by atoms with E-state index in [0.29, 0.717) is 33.6 Å². The summed E-state index contributed by atoms with van der Waals surface area (Å²) < 4.78 is 33.7. The highest BCUT2D eigenvalue weighted by molar-refractivity contribution is 7.89. The summed E-state index contributed by atoms with van der Waals surface area (Å²) >= 11 is 0. The number of anilines is 1. The third-order valence-electron chi connectivity index (χ3n) is 9.73. The predicted molar refractivity (Wildman–Crippen MR) is 175 cm³/mol. The van der Waals surface area contributed by atoms with Crippen molar-refractivity contribution < 1.29 is 17.9 Å².